The molecule has 3 N–H and O–H groups in total. The van der Waals surface area contributed by atoms with E-state index in [4.69, 9.17) is 5.84 Å². The first-order valence-electron chi connectivity index (χ1n) is 5.67. The first kappa shape index (κ1) is 12.2. The maximum atomic E-state index is 5.53. The maximum absolute atomic E-state index is 5.53. The Morgan fingerprint density at radius 1 is 1.29 bits per heavy atom. The number of aromatic nitrogens is 2. The number of rotatable bonds is 6. The van der Waals surface area contributed by atoms with Crippen LogP contribution in [0.3, 0.4) is 0 Å². The summed E-state index contributed by atoms with van der Waals surface area (Å²) in [5.74, 6) is 5.53. The van der Waals surface area contributed by atoms with Crippen LogP contribution in [-0.2, 0) is 6.42 Å². The average Bonchev–Trinajstić information content (AvgIpc) is 2.90. The van der Waals surface area contributed by atoms with Crippen LogP contribution >= 0.6 is 11.7 Å². The monoisotopic (exact) mass is 248 g/mol. The van der Waals surface area contributed by atoms with E-state index in [1.165, 1.54) is 17.3 Å². The van der Waals surface area contributed by atoms with E-state index in [9.17, 15) is 0 Å². The minimum absolute atomic E-state index is 0.109. The third kappa shape index (κ3) is 3.59. The molecule has 0 radical (unpaired) electrons. The first-order chi connectivity index (χ1) is 8.40. The van der Waals surface area contributed by atoms with Crippen LogP contribution in [0.5, 0.6) is 0 Å². The third-order valence-corrected chi connectivity index (χ3v) is 3.23. The molecule has 0 saturated carbocycles. The van der Waals surface area contributed by atoms with Crippen LogP contribution in [0.2, 0.25) is 0 Å². The molecule has 1 heterocycles. The Labute approximate surface area is 105 Å². The Balaban J connectivity index is 1.81. The Bertz CT molecular complexity index is 415. The second-order valence-electron chi connectivity index (χ2n) is 3.93. The highest BCUT2D eigenvalue weighted by molar-refractivity contribution is 6.99. The molecule has 1 aromatic heterocycles. The summed E-state index contributed by atoms with van der Waals surface area (Å²) in [6, 6.07) is 10.6. The predicted molar refractivity (Wildman–Crippen MR) is 69.4 cm³/mol. The van der Waals surface area contributed by atoms with Crippen molar-refractivity contribution in [2.24, 2.45) is 5.84 Å². The standard InChI is InChI=1S/C12H16N4S/c13-15-11(12-9-14-17-16-12)8-4-7-10-5-2-1-3-6-10/h1-3,5-6,9,11,15H,4,7-8,13H2. The van der Waals surface area contributed by atoms with E-state index in [-0.39, 0.29) is 6.04 Å². The zero-order valence-electron chi connectivity index (χ0n) is 9.54. The lowest BCUT2D eigenvalue weighted by atomic mass is 10.0. The van der Waals surface area contributed by atoms with E-state index in [2.05, 4.69) is 38.4 Å². The van der Waals surface area contributed by atoms with Crippen molar-refractivity contribution in [2.75, 3.05) is 0 Å². The molecule has 0 aliphatic rings. The number of nitrogens with one attached hydrogen (secondary N) is 1. The van der Waals surface area contributed by atoms with Gasteiger partial charge in [0.05, 0.1) is 29.7 Å². The smallest absolute Gasteiger partial charge is 0.0925 e. The lowest BCUT2D eigenvalue weighted by Gasteiger charge is -2.12. The Morgan fingerprint density at radius 3 is 2.76 bits per heavy atom. The van der Waals surface area contributed by atoms with Crippen molar-refractivity contribution in [3.8, 4) is 0 Å². The summed E-state index contributed by atoms with van der Waals surface area (Å²) in [5.41, 5.74) is 5.09. The van der Waals surface area contributed by atoms with Gasteiger partial charge < -0.3 is 0 Å². The van der Waals surface area contributed by atoms with Crippen LogP contribution in [0.15, 0.2) is 36.5 Å². The van der Waals surface area contributed by atoms with Gasteiger partial charge in [-0.05, 0) is 24.8 Å². The quantitative estimate of drug-likeness (QED) is 0.607. The van der Waals surface area contributed by atoms with E-state index >= 15 is 0 Å². The second kappa shape index (κ2) is 6.44. The summed E-state index contributed by atoms with van der Waals surface area (Å²) >= 11 is 1.22. The molecule has 0 amide bonds. The van der Waals surface area contributed by atoms with Crippen molar-refractivity contribution in [3.63, 3.8) is 0 Å². The molecule has 2 aromatic rings. The van der Waals surface area contributed by atoms with Crippen LogP contribution in [-0.4, -0.2) is 8.75 Å². The molecule has 2 rings (SSSR count). The summed E-state index contributed by atoms with van der Waals surface area (Å²) in [5, 5.41) is 0. The third-order valence-electron chi connectivity index (χ3n) is 2.74. The Morgan fingerprint density at radius 2 is 2.12 bits per heavy atom. The molecule has 1 aromatic carbocycles. The lowest BCUT2D eigenvalue weighted by molar-refractivity contribution is 0.490. The van der Waals surface area contributed by atoms with Crippen LogP contribution in [0, 0.1) is 0 Å². The lowest BCUT2D eigenvalue weighted by Crippen LogP contribution is -2.28. The minimum Gasteiger partial charge on any atom is -0.271 e. The van der Waals surface area contributed by atoms with Gasteiger partial charge in [-0.25, -0.2) is 0 Å². The normalized spacial score (nSPS) is 12.5. The van der Waals surface area contributed by atoms with E-state index in [1.807, 2.05) is 6.07 Å². The van der Waals surface area contributed by atoms with E-state index < -0.39 is 0 Å². The summed E-state index contributed by atoms with van der Waals surface area (Å²) in [7, 11) is 0. The molecule has 90 valence electrons. The van der Waals surface area contributed by atoms with Gasteiger partial charge in [0.25, 0.3) is 0 Å². The van der Waals surface area contributed by atoms with Crippen molar-refractivity contribution in [1.82, 2.24) is 14.2 Å². The van der Waals surface area contributed by atoms with Crippen LogP contribution in [0.25, 0.3) is 0 Å². The van der Waals surface area contributed by atoms with Crippen LogP contribution < -0.4 is 11.3 Å². The Hall–Kier alpha value is -1.30. The molecule has 0 aliphatic heterocycles. The van der Waals surface area contributed by atoms with Crippen molar-refractivity contribution in [3.05, 3.63) is 47.8 Å². The molecule has 1 unspecified atom stereocenters. The fourth-order valence-corrected chi connectivity index (χ4v) is 2.27. The van der Waals surface area contributed by atoms with Gasteiger partial charge in [-0.15, -0.1) is 0 Å². The number of hydrogen-bond acceptors (Lipinski definition) is 5. The van der Waals surface area contributed by atoms with Gasteiger partial charge in [0.15, 0.2) is 0 Å². The van der Waals surface area contributed by atoms with Crippen molar-refractivity contribution in [2.45, 2.75) is 25.3 Å². The molecular formula is C12H16N4S. The fourth-order valence-electron chi connectivity index (χ4n) is 1.80. The number of nitrogens with two attached hydrogens (primary N) is 1. The highest BCUT2D eigenvalue weighted by Crippen LogP contribution is 2.17. The number of nitrogens with zero attached hydrogens (tertiary/aromatic N) is 2. The maximum Gasteiger partial charge on any atom is 0.0925 e. The zero-order chi connectivity index (χ0) is 11.9. The number of benzene rings is 1. The van der Waals surface area contributed by atoms with Gasteiger partial charge >= 0.3 is 0 Å². The average molecular weight is 248 g/mol. The summed E-state index contributed by atoms with van der Waals surface area (Å²) in [6.45, 7) is 0. The van der Waals surface area contributed by atoms with Gasteiger partial charge in [-0.1, -0.05) is 30.3 Å². The van der Waals surface area contributed by atoms with Crippen LogP contribution in [0.4, 0.5) is 0 Å². The number of hydrogen-bond donors (Lipinski definition) is 2. The minimum atomic E-state index is 0.109. The topological polar surface area (TPSA) is 63.8 Å². The second-order valence-corrected chi connectivity index (χ2v) is 4.49. The first-order valence-corrected chi connectivity index (χ1v) is 6.40. The number of hydrazine groups is 1. The molecular weight excluding hydrogens is 232 g/mol. The summed E-state index contributed by atoms with van der Waals surface area (Å²) in [6.07, 6.45) is 4.89. The van der Waals surface area contributed by atoms with Crippen molar-refractivity contribution < 1.29 is 0 Å². The molecule has 0 aliphatic carbocycles. The van der Waals surface area contributed by atoms with Crippen molar-refractivity contribution in [1.29, 1.82) is 0 Å². The summed E-state index contributed by atoms with van der Waals surface area (Å²) < 4.78 is 8.19. The largest absolute Gasteiger partial charge is 0.271 e. The molecule has 0 saturated heterocycles. The zero-order valence-corrected chi connectivity index (χ0v) is 10.4. The highest BCUT2D eigenvalue weighted by atomic mass is 32.1. The van der Waals surface area contributed by atoms with E-state index in [1.54, 1.807) is 6.20 Å². The van der Waals surface area contributed by atoms with E-state index in [0.717, 1.165) is 25.0 Å². The molecule has 5 heteroatoms. The van der Waals surface area contributed by atoms with Gasteiger partial charge in [0.2, 0.25) is 0 Å². The number of aryl methyl sites for hydroxylation is 1. The SMILES string of the molecule is NNC(CCCc1ccccc1)c1cnsn1. The van der Waals surface area contributed by atoms with Crippen molar-refractivity contribution >= 4 is 11.7 Å². The molecule has 1 atom stereocenters. The predicted octanol–water partition coefficient (Wildman–Crippen LogP) is 2.07. The van der Waals surface area contributed by atoms with Gasteiger partial charge in [-0.2, -0.15) is 8.75 Å². The van der Waals surface area contributed by atoms with Gasteiger partial charge in [-0.3, -0.25) is 11.3 Å². The van der Waals surface area contributed by atoms with Crippen LogP contribution in [0.1, 0.15) is 30.1 Å². The Kier molecular flexibility index (Phi) is 4.61. The molecule has 0 bridgehead atoms. The molecule has 0 fully saturated rings. The fraction of sp³-hybridized carbons (Fsp3) is 0.333. The molecule has 4 nitrogen and oxygen atoms in total. The summed E-state index contributed by atoms with van der Waals surface area (Å²) in [4.78, 5) is 0. The van der Waals surface area contributed by atoms with Gasteiger partial charge in [0.1, 0.15) is 0 Å². The molecule has 17 heavy (non-hydrogen) atoms. The van der Waals surface area contributed by atoms with Gasteiger partial charge in [0, 0.05) is 0 Å². The highest BCUT2D eigenvalue weighted by Gasteiger charge is 2.11. The van der Waals surface area contributed by atoms with E-state index in [0.29, 0.717) is 0 Å². The molecule has 0 spiro atoms.